The highest BCUT2D eigenvalue weighted by Crippen LogP contribution is 2.39. The molecule has 1 fully saturated rings. The lowest BCUT2D eigenvalue weighted by atomic mass is 10.1. The van der Waals surface area contributed by atoms with Crippen molar-refractivity contribution < 1.29 is 19.2 Å². The molecule has 0 unspecified atom stereocenters. The molecule has 5 rings (SSSR count). The molecule has 190 valence electrons. The number of thioether (sulfide) groups is 1. The highest BCUT2D eigenvalue weighted by Gasteiger charge is 2.35. The van der Waals surface area contributed by atoms with Gasteiger partial charge in [-0.1, -0.05) is 54.6 Å². The van der Waals surface area contributed by atoms with Crippen LogP contribution in [0.4, 0.5) is 10.5 Å². The van der Waals surface area contributed by atoms with Gasteiger partial charge in [-0.3, -0.25) is 24.6 Å². The zero-order valence-electron chi connectivity index (χ0n) is 19.6. The van der Waals surface area contributed by atoms with E-state index in [-0.39, 0.29) is 17.1 Å². The number of imide groups is 1. The van der Waals surface area contributed by atoms with E-state index in [1.807, 2.05) is 36.4 Å². The third kappa shape index (κ3) is 5.52. The number of halogens is 2. The molecule has 1 aliphatic heterocycles. The van der Waals surface area contributed by atoms with Gasteiger partial charge in [-0.2, -0.15) is 0 Å². The predicted molar refractivity (Wildman–Crippen MR) is 155 cm³/mol. The zero-order chi connectivity index (χ0) is 26.8. The Bertz CT molecular complexity index is 1610. The molecule has 7 nitrogen and oxygen atoms in total. The standard InChI is InChI=1S/C28H18Br2N2O5S/c29-23-12-18(13-24(30)26(23)37-16-20-8-4-7-19-6-1-2-10-22(19)20)14-25-27(33)31(28(34)38-25)15-17-5-3-9-21(11-17)32(35)36/h1-14H,15-16H2/b25-14+. The van der Waals surface area contributed by atoms with Gasteiger partial charge in [-0.15, -0.1) is 0 Å². The van der Waals surface area contributed by atoms with Crippen LogP contribution in [0.15, 0.2) is 92.7 Å². The number of hydrogen-bond donors (Lipinski definition) is 0. The second-order valence-corrected chi connectivity index (χ2v) is 11.1. The van der Waals surface area contributed by atoms with E-state index in [0.29, 0.717) is 32.4 Å². The molecule has 1 aliphatic rings. The summed E-state index contributed by atoms with van der Waals surface area (Å²) in [5.74, 6) is 0.170. The van der Waals surface area contributed by atoms with Crippen molar-refractivity contribution in [1.29, 1.82) is 0 Å². The van der Waals surface area contributed by atoms with Gasteiger partial charge in [0, 0.05) is 12.1 Å². The van der Waals surface area contributed by atoms with Gasteiger partial charge >= 0.3 is 0 Å². The predicted octanol–water partition coefficient (Wildman–Crippen LogP) is 8.09. The van der Waals surface area contributed by atoms with Crippen LogP contribution >= 0.6 is 43.6 Å². The van der Waals surface area contributed by atoms with Crippen LogP contribution in [0.2, 0.25) is 0 Å². The number of nitro benzene ring substituents is 1. The first kappa shape index (κ1) is 26.1. The highest BCUT2D eigenvalue weighted by molar-refractivity contribution is 9.11. The summed E-state index contributed by atoms with van der Waals surface area (Å²) in [5.41, 5.74) is 2.16. The molecule has 0 aliphatic carbocycles. The lowest BCUT2D eigenvalue weighted by Crippen LogP contribution is -2.27. The number of benzene rings is 4. The van der Waals surface area contributed by atoms with E-state index in [9.17, 15) is 19.7 Å². The SMILES string of the molecule is O=C1S/C(=C/c2cc(Br)c(OCc3cccc4ccccc34)c(Br)c2)C(=O)N1Cc1cccc([N+](=O)[O-])c1. The van der Waals surface area contributed by atoms with E-state index < -0.39 is 16.1 Å². The Morgan fingerprint density at radius 3 is 2.42 bits per heavy atom. The molecular formula is C28H18Br2N2O5S. The lowest BCUT2D eigenvalue weighted by molar-refractivity contribution is -0.384. The Labute approximate surface area is 238 Å². The fraction of sp³-hybridized carbons (Fsp3) is 0.0714. The van der Waals surface area contributed by atoms with E-state index in [1.54, 1.807) is 12.1 Å². The molecule has 0 saturated carbocycles. The van der Waals surface area contributed by atoms with Crippen molar-refractivity contribution in [2.45, 2.75) is 13.2 Å². The second-order valence-electron chi connectivity index (χ2n) is 8.44. The molecule has 0 aromatic heterocycles. The molecule has 2 amide bonds. The summed E-state index contributed by atoms with van der Waals surface area (Å²) >= 11 is 7.96. The number of amides is 2. The van der Waals surface area contributed by atoms with E-state index >= 15 is 0 Å². The summed E-state index contributed by atoms with van der Waals surface area (Å²) in [6.07, 6.45) is 1.64. The van der Waals surface area contributed by atoms with Gasteiger partial charge in [0.25, 0.3) is 16.8 Å². The minimum absolute atomic E-state index is 0.0436. The molecule has 0 spiro atoms. The van der Waals surface area contributed by atoms with Gasteiger partial charge in [0.05, 0.1) is 25.3 Å². The zero-order valence-corrected chi connectivity index (χ0v) is 23.6. The molecule has 4 aromatic carbocycles. The van der Waals surface area contributed by atoms with Crippen molar-refractivity contribution in [3.05, 3.63) is 120 Å². The van der Waals surface area contributed by atoms with Crippen LogP contribution in [0.25, 0.3) is 16.8 Å². The molecule has 4 aromatic rings. The Morgan fingerprint density at radius 2 is 1.66 bits per heavy atom. The molecule has 0 radical (unpaired) electrons. The van der Waals surface area contributed by atoms with Gasteiger partial charge in [0.2, 0.25) is 0 Å². The molecule has 38 heavy (non-hydrogen) atoms. The summed E-state index contributed by atoms with van der Waals surface area (Å²) in [7, 11) is 0. The van der Waals surface area contributed by atoms with Crippen LogP contribution in [-0.4, -0.2) is 21.0 Å². The molecule has 0 atom stereocenters. The number of nitrogens with zero attached hydrogens (tertiary/aromatic N) is 2. The molecule has 0 N–H and O–H groups in total. The number of carbonyl (C=O) groups is 2. The van der Waals surface area contributed by atoms with Crippen molar-refractivity contribution in [3.8, 4) is 5.75 Å². The fourth-order valence-electron chi connectivity index (χ4n) is 4.11. The maximum atomic E-state index is 13.0. The van der Waals surface area contributed by atoms with Crippen molar-refractivity contribution >= 4 is 77.3 Å². The summed E-state index contributed by atoms with van der Waals surface area (Å²) in [6, 6.07) is 23.7. The van der Waals surface area contributed by atoms with Crippen LogP contribution in [0.3, 0.4) is 0 Å². The van der Waals surface area contributed by atoms with E-state index in [2.05, 4.69) is 50.1 Å². The van der Waals surface area contributed by atoms with Gasteiger partial charge in [0.1, 0.15) is 12.4 Å². The van der Waals surface area contributed by atoms with Crippen molar-refractivity contribution in [1.82, 2.24) is 4.90 Å². The van der Waals surface area contributed by atoms with Crippen LogP contribution in [-0.2, 0) is 17.9 Å². The first-order valence-corrected chi connectivity index (χ1v) is 13.8. The smallest absolute Gasteiger partial charge is 0.293 e. The summed E-state index contributed by atoms with van der Waals surface area (Å²) in [5, 5.41) is 12.9. The Morgan fingerprint density at radius 1 is 0.947 bits per heavy atom. The lowest BCUT2D eigenvalue weighted by Gasteiger charge is -2.13. The minimum atomic E-state index is -0.512. The number of rotatable bonds is 7. The molecule has 10 heteroatoms. The first-order valence-electron chi connectivity index (χ1n) is 11.4. The van der Waals surface area contributed by atoms with Gasteiger partial charge in [-0.05, 0) is 89.3 Å². The number of hydrogen-bond acceptors (Lipinski definition) is 6. The Balaban J connectivity index is 1.33. The van der Waals surface area contributed by atoms with Gasteiger partial charge in [-0.25, -0.2) is 0 Å². The number of ether oxygens (including phenoxy) is 1. The quantitative estimate of drug-likeness (QED) is 0.114. The summed E-state index contributed by atoms with van der Waals surface area (Å²) in [4.78, 5) is 37.4. The van der Waals surface area contributed by atoms with Gasteiger partial charge in [0.15, 0.2) is 0 Å². The third-order valence-corrected chi connectivity index (χ3v) is 7.99. The summed E-state index contributed by atoms with van der Waals surface area (Å²) in [6.45, 7) is 0.326. The maximum absolute atomic E-state index is 13.0. The normalized spacial score (nSPS) is 14.5. The Kier molecular flexibility index (Phi) is 7.64. The highest BCUT2D eigenvalue weighted by atomic mass is 79.9. The van der Waals surface area contributed by atoms with Crippen LogP contribution in [0.5, 0.6) is 5.75 Å². The largest absolute Gasteiger partial charge is 0.487 e. The molecular weight excluding hydrogens is 636 g/mol. The van der Waals surface area contributed by atoms with Crippen LogP contribution < -0.4 is 4.74 Å². The third-order valence-electron chi connectivity index (χ3n) is 5.91. The van der Waals surface area contributed by atoms with E-state index in [4.69, 9.17) is 4.74 Å². The molecule has 1 heterocycles. The number of nitro groups is 1. The minimum Gasteiger partial charge on any atom is -0.487 e. The van der Waals surface area contributed by atoms with Crippen LogP contribution in [0, 0.1) is 10.1 Å². The monoisotopic (exact) mass is 652 g/mol. The average Bonchev–Trinajstić information content (AvgIpc) is 3.15. The second kappa shape index (κ2) is 11.1. The molecule has 1 saturated heterocycles. The van der Waals surface area contributed by atoms with Crippen molar-refractivity contribution in [2.24, 2.45) is 0 Å². The average molecular weight is 654 g/mol. The van der Waals surface area contributed by atoms with Crippen LogP contribution in [0.1, 0.15) is 16.7 Å². The Hall–Kier alpha value is -3.47. The fourth-order valence-corrected chi connectivity index (χ4v) is 6.40. The van der Waals surface area contributed by atoms with Gasteiger partial charge < -0.3 is 4.74 Å². The van der Waals surface area contributed by atoms with Crippen molar-refractivity contribution in [3.63, 3.8) is 0 Å². The van der Waals surface area contributed by atoms with E-state index in [1.165, 1.54) is 18.2 Å². The summed E-state index contributed by atoms with van der Waals surface area (Å²) < 4.78 is 7.52. The first-order chi connectivity index (χ1) is 18.3. The van der Waals surface area contributed by atoms with Crippen molar-refractivity contribution in [2.75, 3.05) is 0 Å². The number of carbonyl (C=O) groups excluding carboxylic acids is 2. The number of fused-ring (bicyclic) bond motifs is 1. The van der Waals surface area contributed by atoms with E-state index in [0.717, 1.165) is 33.0 Å². The maximum Gasteiger partial charge on any atom is 0.293 e. The topological polar surface area (TPSA) is 89.8 Å². The number of non-ortho nitro benzene ring substituents is 1. The molecule has 0 bridgehead atoms.